The molecule has 1 rings (SSSR count). The van der Waals surface area contributed by atoms with E-state index in [1.165, 1.54) is 5.92 Å². The van der Waals surface area contributed by atoms with Crippen LogP contribution in [0, 0.1) is 5.92 Å². The summed E-state index contributed by atoms with van der Waals surface area (Å²) in [6, 6.07) is 10.0. The van der Waals surface area contributed by atoms with Crippen LogP contribution in [0.1, 0.15) is 20.8 Å². The molecule has 0 nitrogen and oxygen atoms in total. The molecule has 0 aliphatic carbocycles. The van der Waals surface area contributed by atoms with Crippen LogP contribution in [0.3, 0.4) is 0 Å². The molecule has 1 aromatic carbocycles. The average Bonchev–Trinajstić information content (AvgIpc) is 2.40. The maximum absolute atomic E-state index is 4.89. The van der Waals surface area contributed by atoms with Crippen LogP contribution < -0.4 is 0 Å². The van der Waals surface area contributed by atoms with Gasteiger partial charge < -0.3 is 5.92 Å². The molecule has 0 saturated carbocycles. The van der Waals surface area contributed by atoms with Crippen LogP contribution in [-0.2, 0) is 17.0 Å². The van der Waals surface area contributed by atoms with Crippen LogP contribution in [0.2, 0.25) is 0 Å². The Morgan fingerprint density at radius 2 is 1.33 bits per heavy atom. The molecular weight excluding hydrogens is 227 g/mol. The quantitative estimate of drug-likeness (QED) is 0.466. The van der Waals surface area contributed by atoms with E-state index in [0.29, 0.717) is 0 Å². The predicted molar refractivity (Wildman–Crippen MR) is 54.0 cm³/mol. The van der Waals surface area contributed by atoms with Gasteiger partial charge in [0.25, 0.3) is 0 Å². The Morgan fingerprint density at radius 3 is 1.42 bits per heavy atom. The maximum atomic E-state index is 4.89. The van der Waals surface area contributed by atoms with Gasteiger partial charge in [-0.3, -0.25) is 0 Å². The summed E-state index contributed by atoms with van der Waals surface area (Å²) in [6.07, 6.45) is 0. The van der Waals surface area contributed by atoms with E-state index in [9.17, 15) is 0 Å². The molecule has 0 heterocycles. The van der Waals surface area contributed by atoms with Crippen molar-refractivity contribution < 1.29 is 17.0 Å². The van der Waals surface area contributed by atoms with Crippen LogP contribution in [0.25, 0.3) is 0 Å². The van der Waals surface area contributed by atoms with Gasteiger partial charge in [0.2, 0.25) is 0 Å². The maximum Gasteiger partial charge on any atom is -0.172 e. The normalized spacial score (nSPS) is 7.50. The number of rotatable bonds is 0. The molecule has 0 saturated heterocycles. The van der Waals surface area contributed by atoms with E-state index in [1.54, 1.807) is 0 Å². The van der Waals surface area contributed by atoms with Crippen LogP contribution >= 0.6 is 18.6 Å². The molecule has 1 aromatic rings. The third-order valence-corrected chi connectivity index (χ3v) is 0.556. The van der Waals surface area contributed by atoms with E-state index in [2.05, 4.69) is 20.8 Å². The Morgan fingerprint density at radius 1 is 1.08 bits per heavy atom. The molecule has 3 heteroatoms. The van der Waals surface area contributed by atoms with Crippen molar-refractivity contribution in [2.75, 3.05) is 0 Å². The van der Waals surface area contributed by atoms with Crippen molar-refractivity contribution in [3.8, 4) is 0 Å². The van der Waals surface area contributed by atoms with E-state index < -0.39 is 17.0 Å². The van der Waals surface area contributed by atoms with Crippen molar-refractivity contribution >= 4 is 18.6 Å². The summed E-state index contributed by atoms with van der Waals surface area (Å²) in [5.74, 6) is 1.42. The minimum absolute atomic E-state index is 0.556. The largest absolute Gasteiger partial charge is 0.214 e. The third kappa shape index (κ3) is 31.1. The van der Waals surface area contributed by atoms with Crippen LogP contribution in [0.15, 0.2) is 30.3 Å². The summed E-state index contributed by atoms with van der Waals surface area (Å²) < 4.78 is 0. The molecule has 0 bridgehead atoms. The topological polar surface area (TPSA) is 0 Å². The molecule has 0 radical (unpaired) electrons. The minimum atomic E-state index is -0.556. The smallest absolute Gasteiger partial charge is 0.172 e. The number of halogens is 2. The first-order valence-corrected chi connectivity index (χ1v) is 7.84. The first kappa shape index (κ1) is 15.1. The van der Waals surface area contributed by atoms with Crippen molar-refractivity contribution in [3.63, 3.8) is 0 Å². The van der Waals surface area contributed by atoms with Crippen LogP contribution in [-0.4, -0.2) is 0 Å². The standard InChI is InChI=1S/C5H5.C4H9.2ClH.Ti/c1-2-4-5-3-1;1-4(2)3;;;/h1-5H;1-3H3;2*1H;/q2*-1;;;+2/p-2. The molecule has 0 amide bonds. The average molecular weight is 241 g/mol. The van der Waals surface area contributed by atoms with E-state index in [-0.39, 0.29) is 0 Å². The van der Waals surface area contributed by atoms with E-state index in [0.717, 1.165) is 0 Å². The first-order valence-electron chi connectivity index (χ1n) is 3.54. The molecular formula is C9H14Cl2Ti-2. The van der Waals surface area contributed by atoms with E-state index >= 15 is 0 Å². The van der Waals surface area contributed by atoms with Crippen molar-refractivity contribution in [2.24, 2.45) is 0 Å². The molecule has 0 aromatic heterocycles. The Bertz CT molecular complexity index is 107. The molecule has 0 unspecified atom stereocenters. The first-order chi connectivity index (χ1) is 5.65. The Hall–Kier alpha value is 0.644. The minimum Gasteiger partial charge on any atom is -0.214 e. The molecule has 0 N–H and O–H groups in total. The molecule has 0 aliphatic heterocycles. The van der Waals surface area contributed by atoms with Crippen molar-refractivity contribution in [1.29, 1.82) is 0 Å². The van der Waals surface area contributed by atoms with Gasteiger partial charge in [-0.1, -0.05) is 0 Å². The van der Waals surface area contributed by atoms with Gasteiger partial charge >= 0.3 is 35.6 Å². The molecule has 0 fully saturated rings. The second kappa shape index (κ2) is 14.2. The van der Waals surface area contributed by atoms with Crippen molar-refractivity contribution in [2.45, 2.75) is 20.8 Å². The monoisotopic (exact) mass is 240 g/mol. The fraction of sp³-hybridized carbons (Fsp3) is 0.333. The summed E-state index contributed by atoms with van der Waals surface area (Å²) in [7, 11) is 9.78. The van der Waals surface area contributed by atoms with Gasteiger partial charge in [-0.2, -0.15) is 39.0 Å². The Labute approximate surface area is 92.3 Å². The fourth-order valence-corrected chi connectivity index (χ4v) is 0.321. The molecule has 12 heavy (non-hydrogen) atoms. The molecule has 0 spiro atoms. The zero-order valence-corrected chi connectivity index (χ0v) is 10.7. The van der Waals surface area contributed by atoms with Crippen LogP contribution in [0.4, 0.5) is 0 Å². The van der Waals surface area contributed by atoms with Gasteiger partial charge in [-0.15, -0.1) is 0 Å². The van der Waals surface area contributed by atoms with Crippen LogP contribution in [0.5, 0.6) is 0 Å². The van der Waals surface area contributed by atoms with Gasteiger partial charge in [-0.25, -0.2) is 12.1 Å². The summed E-state index contributed by atoms with van der Waals surface area (Å²) >= 11 is -0.556. The van der Waals surface area contributed by atoms with Gasteiger partial charge in [0.15, 0.2) is 0 Å². The Kier molecular flexibility index (Phi) is 17.9. The molecule has 0 aliphatic rings. The van der Waals surface area contributed by atoms with Gasteiger partial charge in [-0.05, 0) is 0 Å². The Balaban J connectivity index is 0. The molecule has 0 atom stereocenters. The van der Waals surface area contributed by atoms with E-state index in [4.69, 9.17) is 18.6 Å². The van der Waals surface area contributed by atoms with Gasteiger partial charge in [0.1, 0.15) is 0 Å². The number of hydrogen-bond donors (Lipinski definition) is 0. The second-order valence-corrected chi connectivity index (χ2v) is 5.11. The summed E-state index contributed by atoms with van der Waals surface area (Å²) in [6.45, 7) is 6.25. The SMILES string of the molecule is C[C-](C)C.[Cl][Ti][Cl].c1cc[cH-]c1. The fourth-order valence-electron chi connectivity index (χ4n) is 0.321. The van der Waals surface area contributed by atoms with Gasteiger partial charge in [0, 0.05) is 0 Å². The van der Waals surface area contributed by atoms with Gasteiger partial charge in [0.05, 0.1) is 0 Å². The summed E-state index contributed by atoms with van der Waals surface area (Å²) in [5.41, 5.74) is 0. The van der Waals surface area contributed by atoms with Crippen molar-refractivity contribution in [3.05, 3.63) is 36.2 Å². The third-order valence-electron chi connectivity index (χ3n) is 0.556. The van der Waals surface area contributed by atoms with Crippen molar-refractivity contribution in [1.82, 2.24) is 0 Å². The predicted octanol–water partition coefficient (Wildman–Crippen LogP) is 4.40. The summed E-state index contributed by atoms with van der Waals surface area (Å²) in [5, 5.41) is 0. The second-order valence-electron chi connectivity index (χ2n) is 2.53. The zero-order valence-electron chi connectivity index (χ0n) is 7.64. The van der Waals surface area contributed by atoms with E-state index in [1.807, 2.05) is 30.3 Å². The number of hydrogen-bond acceptors (Lipinski definition) is 0. The molecule has 70 valence electrons. The summed E-state index contributed by atoms with van der Waals surface area (Å²) in [4.78, 5) is 0. The zero-order chi connectivity index (χ0) is 9.82.